The molecule has 1 aliphatic heterocycles. The first-order valence-corrected chi connectivity index (χ1v) is 7.35. The fraction of sp³-hybridized carbons (Fsp3) is 0.833. The maximum Gasteiger partial charge on any atom is 0.204 e. The summed E-state index contributed by atoms with van der Waals surface area (Å²) in [4.78, 5) is 6.93. The molecule has 4 nitrogen and oxygen atoms in total. The van der Waals surface area contributed by atoms with Gasteiger partial charge in [-0.25, -0.2) is 4.98 Å². The summed E-state index contributed by atoms with van der Waals surface area (Å²) < 4.78 is 4.47. The number of piperidine rings is 1. The van der Waals surface area contributed by atoms with Gasteiger partial charge < -0.3 is 10.2 Å². The van der Waals surface area contributed by atoms with Crippen molar-refractivity contribution in [2.75, 3.05) is 31.6 Å². The first-order chi connectivity index (χ1) is 8.33. The number of rotatable bonds is 4. The van der Waals surface area contributed by atoms with Crippen molar-refractivity contribution in [2.24, 2.45) is 5.92 Å². The summed E-state index contributed by atoms with van der Waals surface area (Å²) in [6, 6.07) is 0. The molecule has 1 aliphatic carbocycles. The van der Waals surface area contributed by atoms with Crippen molar-refractivity contribution in [3.8, 4) is 0 Å². The van der Waals surface area contributed by atoms with Crippen LogP contribution in [0.25, 0.3) is 0 Å². The quantitative estimate of drug-likeness (QED) is 0.888. The van der Waals surface area contributed by atoms with Gasteiger partial charge in [0.1, 0.15) is 5.82 Å². The van der Waals surface area contributed by atoms with E-state index in [1.54, 1.807) is 11.5 Å². The Balaban J connectivity index is 1.57. The van der Waals surface area contributed by atoms with Crippen molar-refractivity contribution in [3.63, 3.8) is 0 Å². The molecule has 5 heteroatoms. The molecule has 17 heavy (non-hydrogen) atoms. The van der Waals surface area contributed by atoms with Crippen LogP contribution in [0.2, 0.25) is 0 Å². The lowest BCUT2D eigenvalue weighted by Gasteiger charge is -2.27. The summed E-state index contributed by atoms with van der Waals surface area (Å²) in [7, 11) is 2.14. The molecule has 1 unspecified atom stereocenters. The van der Waals surface area contributed by atoms with E-state index in [0.717, 1.165) is 30.0 Å². The Labute approximate surface area is 107 Å². The molecule has 0 radical (unpaired) electrons. The number of hydrogen-bond acceptors (Lipinski definition) is 5. The summed E-state index contributed by atoms with van der Waals surface area (Å²) in [5.74, 6) is 2.52. The van der Waals surface area contributed by atoms with Crippen molar-refractivity contribution in [1.29, 1.82) is 0 Å². The van der Waals surface area contributed by atoms with Gasteiger partial charge in [0, 0.05) is 31.0 Å². The Hall–Kier alpha value is -0.680. The molecule has 0 aromatic carbocycles. The minimum Gasteiger partial charge on any atom is -0.350 e. The van der Waals surface area contributed by atoms with E-state index < -0.39 is 0 Å². The molecule has 0 spiro atoms. The second kappa shape index (κ2) is 4.90. The van der Waals surface area contributed by atoms with Crippen LogP contribution in [0.15, 0.2) is 0 Å². The Morgan fingerprint density at radius 3 is 3.00 bits per heavy atom. The normalized spacial score (nSPS) is 24.9. The van der Waals surface area contributed by atoms with E-state index in [2.05, 4.69) is 26.6 Å². The van der Waals surface area contributed by atoms with Crippen LogP contribution in [0, 0.1) is 5.92 Å². The van der Waals surface area contributed by atoms with E-state index in [0.29, 0.717) is 5.92 Å². The van der Waals surface area contributed by atoms with Crippen LogP contribution in [0.1, 0.15) is 37.4 Å². The zero-order chi connectivity index (χ0) is 11.7. The molecule has 1 saturated heterocycles. The van der Waals surface area contributed by atoms with Gasteiger partial charge in [0.2, 0.25) is 5.13 Å². The van der Waals surface area contributed by atoms with Gasteiger partial charge in [-0.3, -0.25) is 0 Å². The standard InChI is InChI=1S/C12H20N4S/c1-16(8-9-3-2-6-13-7-9)12-14-11(15-17-12)10-4-5-10/h9-10,13H,2-8H2,1H3. The molecular formula is C12H20N4S. The first kappa shape index (κ1) is 11.4. The fourth-order valence-electron chi connectivity index (χ4n) is 2.43. The van der Waals surface area contributed by atoms with Gasteiger partial charge in [-0.15, -0.1) is 0 Å². The zero-order valence-corrected chi connectivity index (χ0v) is 11.2. The van der Waals surface area contributed by atoms with E-state index in [9.17, 15) is 0 Å². The van der Waals surface area contributed by atoms with E-state index in [1.165, 1.54) is 32.2 Å². The third-order valence-corrected chi connectivity index (χ3v) is 4.48. The van der Waals surface area contributed by atoms with Crippen molar-refractivity contribution < 1.29 is 0 Å². The third-order valence-electron chi connectivity index (χ3n) is 3.63. The van der Waals surface area contributed by atoms with E-state index in [-0.39, 0.29) is 0 Å². The Bertz CT molecular complexity index is 368. The number of nitrogens with zero attached hydrogens (tertiary/aromatic N) is 3. The molecule has 2 aliphatic rings. The summed E-state index contributed by atoms with van der Waals surface area (Å²) >= 11 is 1.56. The molecule has 94 valence electrons. The Kier molecular flexibility index (Phi) is 3.29. The highest BCUT2D eigenvalue weighted by atomic mass is 32.1. The van der Waals surface area contributed by atoms with Gasteiger partial charge in [-0.1, -0.05) is 0 Å². The lowest BCUT2D eigenvalue weighted by atomic mass is 9.99. The molecule has 1 atom stereocenters. The van der Waals surface area contributed by atoms with Crippen molar-refractivity contribution in [1.82, 2.24) is 14.7 Å². The molecule has 0 bridgehead atoms. The summed E-state index contributed by atoms with van der Waals surface area (Å²) in [5, 5.41) is 4.56. The fourth-order valence-corrected chi connectivity index (χ4v) is 3.15. The number of aromatic nitrogens is 2. The van der Waals surface area contributed by atoms with Gasteiger partial charge in [0.15, 0.2) is 0 Å². The van der Waals surface area contributed by atoms with Crippen molar-refractivity contribution >= 4 is 16.7 Å². The van der Waals surface area contributed by atoms with Crippen LogP contribution in [-0.2, 0) is 0 Å². The van der Waals surface area contributed by atoms with E-state index in [1.807, 2.05) is 0 Å². The van der Waals surface area contributed by atoms with Gasteiger partial charge in [-0.2, -0.15) is 4.37 Å². The molecule has 3 rings (SSSR count). The predicted molar refractivity (Wildman–Crippen MR) is 70.7 cm³/mol. The zero-order valence-electron chi connectivity index (χ0n) is 10.4. The maximum absolute atomic E-state index is 4.65. The lowest BCUT2D eigenvalue weighted by molar-refractivity contribution is 0.381. The third kappa shape index (κ3) is 2.77. The van der Waals surface area contributed by atoms with Gasteiger partial charge in [-0.05, 0) is 44.7 Å². The number of nitrogens with one attached hydrogen (secondary N) is 1. The Morgan fingerprint density at radius 2 is 2.29 bits per heavy atom. The van der Waals surface area contributed by atoms with E-state index in [4.69, 9.17) is 0 Å². The van der Waals surface area contributed by atoms with Crippen LogP contribution in [0.3, 0.4) is 0 Å². The van der Waals surface area contributed by atoms with Crippen LogP contribution in [0.5, 0.6) is 0 Å². The van der Waals surface area contributed by atoms with Crippen LogP contribution in [0.4, 0.5) is 5.13 Å². The molecule has 2 heterocycles. The van der Waals surface area contributed by atoms with Gasteiger partial charge in [0.25, 0.3) is 0 Å². The second-order valence-electron chi connectivity index (χ2n) is 5.30. The van der Waals surface area contributed by atoms with E-state index >= 15 is 0 Å². The highest BCUT2D eigenvalue weighted by Crippen LogP contribution is 2.39. The maximum atomic E-state index is 4.65. The average molecular weight is 252 g/mol. The first-order valence-electron chi connectivity index (χ1n) is 6.58. The summed E-state index contributed by atoms with van der Waals surface area (Å²) in [5.41, 5.74) is 0. The van der Waals surface area contributed by atoms with Gasteiger partial charge in [0.05, 0.1) is 0 Å². The van der Waals surface area contributed by atoms with Crippen LogP contribution < -0.4 is 10.2 Å². The molecular weight excluding hydrogens is 232 g/mol. The largest absolute Gasteiger partial charge is 0.350 e. The number of hydrogen-bond donors (Lipinski definition) is 1. The second-order valence-corrected chi connectivity index (χ2v) is 6.03. The molecule has 2 fully saturated rings. The average Bonchev–Trinajstić information content (AvgIpc) is 3.08. The van der Waals surface area contributed by atoms with Crippen molar-refractivity contribution in [3.05, 3.63) is 5.82 Å². The molecule has 1 aromatic heterocycles. The Morgan fingerprint density at radius 1 is 1.41 bits per heavy atom. The molecule has 0 amide bonds. The monoisotopic (exact) mass is 252 g/mol. The van der Waals surface area contributed by atoms with Gasteiger partial charge >= 0.3 is 0 Å². The van der Waals surface area contributed by atoms with Crippen LogP contribution >= 0.6 is 11.5 Å². The highest BCUT2D eigenvalue weighted by molar-refractivity contribution is 7.09. The van der Waals surface area contributed by atoms with Crippen LogP contribution in [-0.4, -0.2) is 36.0 Å². The number of anilines is 1. The summed E-state index contributed by atoms with van der Waals surface area (Å²) in [6.45, 7) is 3.44. The topological polar surface area (TPSA) is 41.0 Å². The highest BCUT2D eigenvalue weighted by Gasteiger charge is 2.28. The minimum atomic E-state index is 0.671. The lowest BCUT2D eigenvalue weighted by Crippen LogP contribution is -2.36. The summed E-state index contributed by atoms with van der Waals surface area (Å²) in [6.07, 6.45) is 5.21. The SMILES string of the molecule is CN(CC1CCCNC1)c1nc(C2CC2)ns1. The van der Waals surface area contributed by atoms with Crippen molar-refractivity contribution in [2.45, 2.75) is 31.6 Å². The molecule has 1 aromatic rings. The molecule has 1 N–H and O–H groups in total. The predicted octanol–water partition coefficient (Wildman–Crippen LogP) is 1.85. The minimum absolute atomic E-state index is 0.671. The smallest absolute Gasteiger partial charge is 0.204 e. The molecule has 1 saturated carbocycles.